The average molecular weight is 310 g/mol. The summed E-state index contributed by atoms with van der Waals surface area (Å²) in [4.78, 5) is 15.2. The fourth-order valence-electron chi connectivity index (χ4n) is 2.68. The molecule has 0 bridgehead atoms. The molecular formula is C18H15FN2O2. The van der Waals surface area contributed by atoms with Gasteiger partial charge >= 0.3 is 5.97 Å². The van der Waals surface area contributed by atoms with Crippen LogP contribution in [-0.2, 0) is 0 Å². The Hall–Kier alpha value is -2.95. The number of aromatic nitrogens is 2. The Labute approximate surface area is 132 Å². The van der Waals surface area contributed by atoms with Gasteiger partial charge in [-0.3, -0.25) is 0 Å². The van der Waals surface area contributed by atoms with Gasteiger partial charge in [-0.05, 0) is 35.7 Å². The van der Waals surface area contributed by atoms with Crippen molar-refractivity contribution in [1.82, 2.24) is 9.55 Å². The van der Waals surface area contributed by atoms with E-state index in [0.29, 0.717) is 0 Å². The summed E-state index contributed by atoms with van der Waals surface area (Å²) in [5, 5.41) is 9.26. The van der Waals surface area contributed by atoms with E-state index in [-0.39, 0.29) is 17.6 Å². The largest absolute Gasteiger partial charge is 0.477 e. The highest BCUT2D eigenvalue weighted by atomic mass is 19.1. The molecule has 0 amide bonds. The van der Waals surface area contributed by atoms with Gasteiger partial charge in [0, 0.05) is 0 Å². The van der Waals surface area contributed by atoms with Gasteiger partial charge in [0.1, 0.15) is 11.5 Å². The third-order valence-corrected chi connectivity index (χ3v) is 3.87. The number of carbonyl (C=O) groups is 1. The van der Waals surface area contributed by atoms with Crippen LogP contribution in [0.1, 0.15) is 29.0 Å². The van der Waals surface area contributed by atoms with E-state index in [4.69, 9.17) is 0 Å². The quantitative estimate of drug-likeness (QED) is 0.792. The number of hydrogen-bond donors (Lipinski definition) is 1. The molecule has 0 fully saturated rings. The average Bonchev–Trinajstić information content (AvgIpc) is 3.05. The Kier molecular flexibility index (Phi) is 3.93. The topological polar surface area (TPSA) is 55.1 Å². The molecule has 0 radical (unpaired) electrons. The van der Waals surface area contributed by atoms with Crippen LogP contribution in [0.4, 0.5) is 4.39 Å². The molecule has 2 aromatic carbocycles. The lowest BCUT2D eigenvalue weighted by atomic mass is 9.95. The van der Waals surface area contributed by atoms with Crippen molar-refractivity contribution in [3.05, 3.63) is 78.1 Å². The molecule has 0 spiro atoms. The number of carboxylic acids is 1. The van der Waals surface area contributed by atoms with Crippen molar-refractivity contribution in [2.24, 2.45) is 0 Å². The first-order valence-corrected chi connectivity index (χ1v) is 7.18. The normalized spacial score (nSPS) is 12.1. The van der Waals surface area contributed by atoms with Crippen LogP contribution < -0.4 is 0 Å². The van der Waals surface area contributed by atoms with Crippen molar-refractivity contribution in [2.45, 2.75) is 13.0 Å². The second-order valence-corrected chi connectivity index (χ2v) is 5.26. The van der Waals surface area contributed by atoms with Crippen LogP contribution in [0.3, 0.4) is 0 Å². The van der Waals surface area contributed by atoms with Crippen molar-refractivity contribution in [1.29, 1.82) is 0 Å². The minimum Gasteiger partial charge on any atom is -0.477 e. The van der Waals surface area contributed by atoms with Crippen molar-refractivity contribution in [3.8, 4) is 11.1 Å². The molecule has 1 aromatic heterocycles. The third kappa shape index (κ3) is 2.85. The number of carboxylic acid groups (broad SMARTS) is 1. The summed E-state index contributed by atoms with van der Waals surface area (Å²) in [5.41, 5.74) is 2.89. The van der Waals surface area contributed by atoms with E-state index < -0.39 is 5.97 Å². The summed E-state index contributed by atoms with van der Waals surface area (Å²) in [6.45, 7) is 1.91. The fraction of sp³-hybridized carbons (Fsp3) is 0.111. The number of hydrogen-bond acceptors (Lipinski definition) is 2. The van der Waals surface area contributed by atoms with Gasteiger partial charge in [0.2, 0.25) is 0 Å². The van der Waals surface area contributed by atoms with Gasteiger partial charge in [-0.2, -0.15) is 0 Å². The Morgan fingerprint density at radius 2 is 1.87 bits per heavy atom. The number of benzene rings is 2. The number of imidazole rings is 1. The first-order valence-electron chi connectivity index (χ1n) is 7.18. The van der Waals surface area contributed by atoms with Crippen molar-refractivity contribution in [2.75, 3.05) is 0 Å². The van der Waals surface area contributed by atoms with E-state index in [1.165, 1.54) is 24.7 Å². The van der Waals surface area contributed by atoms with Crippen LogP contribution in [0.2, 0.25) is 0 Å². The summed E-state index contributed by atoms with van der Waals surface area (Å²) in [5.74, 6) is -1.31. The second kappa shape index (κ2) is 6.04. The Bertz CT molecular complexity index is 840. The van der Waals surface area contributed by atoms with Gasteiger partial charge in [-0.15, -0.1) is 0 Å². The highest BCUT2D eigenvalue weighted by molar-refractivity contribution is 5.85. The number of rotatable bonds is 4. The highest BCUT2D eigenvalue weighted by Crippen LogP contribution is 2.30. The smallest absolute Gasteiger partial charge is 0.354 e. The van der Waals surface area contributed by atoms with E-state index in [0.717, 1.165) is 16.7 Å². The zero-order chi connectivity index (χ0) is 16.4. The predicted octanol–water partition coefficient (Wildman–Crippen LogP) is 4.00. The summed E-state index contributed by atoms with van der Waals surface area (Å²) < 4.78 is 14.8. The maximum Gasteiger partial charge on any atom is 0.354 e. The van der Waals surface area contributed by atoms with E-state index in [2.05, 4.69) is 4.98 Å². The zero-order valence-corrected chi connectivity index (χ0v) is 12.5. The summed E-state index contributed by atoms with van der Waals surface area (Å²) >= 11 is 0. The molecule has 1 N–H and O–H groups in total. The van der Waals surface area contributed by atoms with E-state index in [1.807, 2.05) is 31.2 Å². The molecule has 3 aromatic rings. The summed E-state index contributed by atoms with van der Waals surface area (Å²) in [6, 6.07) is 13.7. The number of nitrogens with zero attached hydrogens (tertiary/aromatic N) is 2. The standard InChI is InChI=1S/C18H15FN2O2/c1-12(21-11-20-10-17(21)18(22)23)15-4-2-3-5-16(15)13-6-8-14(19)9-7-13/h2-12H,1H3,(H,22,23)/t12-/m0/s1. The monoisotopic (exact) mass is 310 g/mol. The molecule has 3 rings (SSSR count). The first kappa shape index (κ1) is 15.0. The fourth-order valence-corrected chi connectivity index (χ4v) is 2.68. The zero-order valence-electron chi connectivity index (χ0n) is 12.5. The minimum atomic E-state index is -1.02. The van der Waals surface area contributed by atoms with Crippen LogP contribution in [0.5, 0.6) is 0 Å². The van der Waals surface area contributed by atoms with Gasteiger partial charge < -0.3 is 9.67 Å². The van der Waals surface area contributed by atoms with Gasteiger partial charge in [0.05, 0.1) is 18.6 Å². The van der Waals surface area contributed by atoms with E-state index in [9.17, 15) is 14.3 Å². The maximum absolute atomic E-state index is 13.1. The molecule has 4 nitrogen and oxygen atoms in total. The highest BCUT2D eigenvalue weighted by Gasteiger charge is 2.18. The van der Waals surface area contributed by atoms with Gasteiger partial charge in [-0.1, -0.05) is 36.4 Å². The van der Waals surface area contributed by atoms with Crippen LogP contribution in [-0.4, -0.2) is 20.6 Å². The molecule has 0 aliphatic heterocycles. The molecule has 0 unspecified atom stereocenters. The molecule has 116 valence electrons. The lowest BCUT2D eigenvalue weighted by Crippen LogP contribution is -2.13. The molecule has 23 heavy (non-hydrogen) atoms. The van der Waals surface area contributed by atoms with Gasteiger partial charge in [-0.25, -0.2) is 14.2 Å². The number of halogens is 1. The van der Waals surface area contributed by atoms with Crippen LogP contribution in [0.15, 0.2) is 61.1 Å². The van der Waals surface area contributed by atoms with Crippen LogP contribution >= 0.6 is 0 Å². The van der Waals surface area contributed by atoms with E-state index in [1.54, 1.807) is 16.7 Å². The lowest BCUT2D eigenvalue weighted by molar-refractivity contribution is 0.0684. The Balaban J connectivity index is 2.08. The van der Waals surface area contributed by atoms with E-state index >= 15 is 0 Å². The molecule has 0 saturated carbocycles. The summed E-state index contributed by atoms with van der Waals surface area (Å²) in [7, 11) is 0. The molecule has 1 heterocycles. The van der Waals surface area contributed by atoms with Crippen molar-refractivity contribution < 1.29 is 14.3 Å². The molecule has 0 aliphatic rings. The van der Waals surface area contributed by atoms with Gasteiger partial charge in [0.25, 0.3) is 0 Å². The summed E-state index contributed by atoms with van der Waals surface area (Å²) in [6.07, 6.45) is 2.84. The SMILES string of the molecule is C[C@@H](c1ccccc1-c1ccc(F)cc1)n1cncc1C(=O)O. The van der Waals surface area contributed by atoms with Gasteiger partial charge in [0.15, 0.2) is 0 Å². The maximum atomic E-state index is 13.1. The second-order valence-electron chi connectivity index (χ2n) is 5.26. The Morgan fingerprint density at radius 1 is 1.17 bits per heavy atom. The van der Waals surface area contributed by atoms with Crippen molar-refractivity contribution >= 4 is 5.97 Å². The molecular weight excluding hydrogens is 295 g/mol. The minimum absolute atomic E-state index is 0.131. The van der Waals surface area contributed by atoms with Crippen molar-refractivity contribution in [3.63, 3.8) is 0 Å². The first-order chi connectivity index (χ1) is 11.1. The van der Waals surface area contributed by atoms with Crippen LogP contribution in [0.25, 0.3) is 11.1 Å². The molecule has 0 saturated heterocycles. The third-order valence-electron chi connectivity index (χ3n) is 3.87. The lowest BCUT2D eigenvalue weighted by Gasteiger charge is -2.19. The van der Waals surface area contributed by atoms with Crippen LogP contribution in [0, 0.1) is 5.82 Å². The number of aromatic carboxylic acids is 1. The molecule has 5 heteroatoms. The molecule has 0 aliphatic carbocycles. The predicted molar refractivity (Wildman–Crippen MR) is 84.8 cm³/mol. The molecule has 1 atom stereocenters. The Morgan fingerprint density at radius 3 is 2.57 bits per heavy atom.